The number of unbranched alkanes of at least 4 members (excludes halogenated alkanes) is 1. The van der Waals surface area contributed by atoms with Gasteiger partial charge in [0.25, 0.3) is 0 Å². The Hall–Kier alpha value is -1.11. The van der Waals surface area contributed by atoms with E-state index in [1.807, 2.05) is 19.9 Å². The highest BCUT2D eigenvalue weighted by Gasteiger charge is 2.29. The first-order valence-electron chi connectivity index (χ1n) is 6.13. The maximum Gasteiger partial charge on any atom is 0.126 e. The smallest absolute Gasteiger partial charge is 0.126 e. The van der Waals surface area contributed by atoms with Crippen LogP contribution in [0.1, 0.15) is 51.5 Å². The SMILES string of the molecule is CCCCC(c1ccccc1)C(C)(C)C=O. The molecule has 0 N–H and O–H groups in total. The lowest BCUT2D eigenvalue weighted by atomic mass is 9.73. The number of carbonyl (C=O) groups is 1. The van der Waals surface area contributed by atoms with Gasteiger partial charge in [-0.25, -0.2) is 0 Å². The number of benzene rings is 1. The maximum absolute atomic E-state index is 11.2. The van der Waals surface area contributed by atoms with Crippen molar-refractivity contribution in [3.63, 3.8) is 0 Å². The van der Waals surface area contributed by atoms with E-state index in [0.29, 0.717) is 5.92 Å². The van der Waals surface area contributed by atoms with Gasteiger partial charge in [0, 0.05) is 5.41 Å². The third-order valence-corrected chi connectivity index (χ3v) is 3.25. The monoisotopic (exact) mass is 218 g/mol. The molecule has 0 fully saturated rings. The molecule has 1 unspecified atom stereocenters. The Morgan fingerprint density at radius 1 is 1.25 bits per heavy atom. The highest BCUT2D eigenvalue weighted by Crippen LogP contribution is 2.37. The van der Waals surface area contributed by atoms with Gasteiger partial charge in [0.05, 0.1) is 0 Å². The molecular weight excluding hydrogens is 196 g/mol. The van der Waals surface area contributed by atoms with Crippen LogP contribution in [-0.2, 0) is 4.79 Å². The highest BCUT2D eigenvalue weighted by molar-refractivity contribution is 5.60. The first-order chi connectivity index (χ1) is 7.61. The van der Waals surface area contributed by atoms with Crippen LogP contribution in [0.4, 0.5) is 0 Å². The van der Waals surface area contributed by atoms with Crippen LogP contribution in [0, 0.1) is 5.41 Å². The second-order valence-electron chi connectivity index (χ2n) is 5.04. The second kappa shape index (κ2) is 5.83. The van der Waals surface area contributed by atoms with Crippen LogP contribution in [0.3, 0.4) is 0 Å². The third kappa shape index (κ3) is 3.19. The summed E-state index contributed by atoms with van der Waals surface area (Å²) in [5, 5.41) is 0. The molecule has 0 spiro atoms. The molecule has 0 saturated heterocycles. The summed E-state index contributed by atoms with van der Waals surface area (Å²) in [6.07, 6.45) is 4.54. The Morgan fingerprint density at radius 3 is 2.38 bits per heavy atom. The van der Waals surface area contributed by atoms with E-state index in [-0.39, 0.29) is 5.41 Å². The van der Waals surface area contributed by atoms with E-state index in [1.165, 1.54) is 18.4 Å². The molecule has 0 heterocycles. The Kier molecular flexibility index (Phi) is 4.72. The molecule has 0 aromatic heterocycles. The van der Waals surface area contributed by atoms with Crippen LogP contribution in [0.5, 0.6) is 0 Å². The fourth-order valence-electron chi connectivity index (χ4n) is 2.14. The van der Waals surface area contributed by atoms with Crippen molar-refractivity contribution in [2.75, 3.05) is 0 Å². The number of rotatable bonds is 6. The number of aldehydes is 1. The zero-order valence-electron chi connectivity index (χ0n) is 10.6. The van der Waals surface area contributed by atoms with Crippen LogP contribution in [-0.4, -0.2) is 6.29 Å². The predicted octanol–water partition coefficient (Wildman–Crippen LogP) is 4.19. The van der Waals surface area contributed by atoms with E-state index in [0.717, 1.165) is 12.7 Å². The molecule has 1 aromatic rings. The maximum atomic E-state index is 11.2. The Morgan fingerprint density at radius 2 is 1.88 bits per heavy atom. The topological polar surface area (TPSA) is 17.1 Å². The van der Waals surface area contributed by atoms with E-state index in [9.17, 15) is 4.79 Å². The molecule has 0 saturated carbocycles. The minimum absolute atomic E-state index is 0.267. The molecular formula is C15H22O. The minimum Gasteiger partial charge on any atom is -0.303 e. The molecule has 0 radical (unpaired) electrons. The van der Waals surface area contributed by atoms with Crippen LogP contribution in [0.15, 0.2) is 30.3 Å². The van der Waals surface area contributed by atoms with Gasteiger partial charge in [0.2, 0.25) is 0 Å². The first kappa shape index (κ1) is 13.0. The van der Waals surface area contributed by atoms with E-state index in [4.69, 9.17) is 0 Å². The quantitative estimate of drug-likeness (QED) is 0.654. The van der Waals surface area contributed by atoms with Crippen molar-refractivity contribution in [2.45, 2.75) is 46.0 Å². The first-order valence-corrected chi connectivity index (χ1v) is 6.13. The van der Waals surface area contributed by atoms with Gasteiger partial charge < -0.3 is 4.79 Å². The lowest BCUT2D eigenvalue weighted by molar-refractivity contribution is -0.115. The van der Waals surface area contributed by atoms with Crippen molar-refractivity contribution in [3.05, 3.63) is 35.9 Å². The van der Waals surface area contributed by atoms with E-state index < -0.39 is 0 Å². The molecule has 0 bridgehead atoms. The molecule has 0 aliphatic rings. The molecule has 1 heteroatoms. The zero-order chi connectivity index (χ0) is 12.0. The summed E-state index contributed by atoms with van der Waals surface area (Å²) in [4.78, 5) is 11.2. The van der Waals surface area contributed by atoms with Gasteiger partial charge in [0.1, 0.15) is 6.29 Å². The molecule has 1 aromatic carbocycles. The predicted molar refractivity (Wildman–Crippen MR) is 68.6 cm³/mol. The molecule has 16 heavy (non-hydrogen) atoms. The van der Waals surface area contributed by atoms with Gasteiger partial charge in [-0.15, -0.1) is 0 Å². The van der Waals surface area contributed by atoms with Gasteiger partial charge in [-0.2, -0.15) is 0 Å². The summed E-state index contributed by atoms with van der Waals surface area (Å²) < 4.78 is 0. The van der Waals surface area contributed by atoms with Crippen molar-refractivity contribution in [3.8, 4) is 0 Å². The van der Waals surface area contributed by atoms with Crippen molar-refractivity contribution in [1.29, 1.82) is 0 Å². The largest absolute Gasteiger partial charge is 0.303 e. The number of hydrogen-bond acceptors (Lipinski definition) is 1. The zero-order valence-corrected chi connectivity index (χ0v) is 10.6. The summed E-state index contributed by atoms with van der Waals surface area (Å²) in [6.45, 7) is 6.26. The van der Waals surface area contributed by atoms with Crippen molar-refractivity contribution in [1.82, 2.24) is 0 Å². The summed E-state index contributed by atoms with van der Waals surface area (Å²) in [7, 11) is 0. The Labute approximate surface area is 98.9 Å². The van der Waals surface area contributed by atoms with Crippen LogP contribution >= 0.6 is 0 Å². The van der Waals surface area contributed by atoms with E-state index in [1.54, 1.807) is 0 Å². The van der Waals surface area contributed by atoms with E-state index >= 15 is 0 Å². The molecule has 1 nitrogen and oxygen atoms in total. The molecule has 1 atom stereocenters. The average molecular weight is 218 g/mol. The summed E-state index contributed by atoms with van der Waals surface area (Å²) in [5.41, 5.74) is 1.02. The van der Waals surface area contributed by atoms with E-state index in [2.05, 4.69) is 31.2 Å². The fraction of sp³-hybridized carbons (Fsp3) is 0.533. The molecule has 0 aliphatic carbocycles. The van der Waals surface area contributed by atoms with Crippen LogP contribution < -0.4 is 0 Å². The molecule has 1 rings (SSSR count). The average Bonchev–Trinajstić information content (AvgIpc) is 2.31. The summed E-state index contributed by atoms with van der Waals surface area (Å²) >= 11 is 0. The van der Waals surface area contributed by atoms with Gasteiger partial charge in [-0.1, -0.05) is 63.9 Å². The summed E-state index contributed by atoms with van der Waals surface area (Å²) in [5.74, 6) is 0.339. The molecule has 0 aliphatic heterocycles. The molecule has 88 valence electrons. The van der Waals surface area contributed by atoms with Crippen molar-refractivity contribution >= 4 is 6.29 Å². The minimum atomic E-state index is -0.267. The molecule has 0 amide bonds. The normalized spacial score (nSPS) is 13.4. The van der Waals surface area contributed by atoms with Crippen molar-refractivity contribution in [2.24, 2.45) is 5.41 Å². The van der Waals surface area contributed by atoms with Gasteiger partial charge in [0.15, 0.2) is 0 Å². The van der Waals surface area contributed by atoms with Crippen molar-refractivity contribution < 1.29 is 4.79 Å². The number of hydrogen-bond donors (Lipinski definition) is 0. The third-order valence-electron chi connectivity index (χ3n) is 3.25. The standard InChI is InChI=1S/C15H22O/c1-4-5-11-14(15(2,3)12-16)13-9-7-6-8-10-13/h6-10,12,14H,4-5,11H2,1-3H3. The summed E-state index contributed by atoms with van der Waals surface area (Å²) in [6, 6.07) is 10.4. The Bertz CT molecular complexity index is 313. The highest BCUT2D eigenvalue weighted by atomic mass is 16.1. The van der Waals surface area contributed by atoms with Crippen LogP contribution in [0.25, 0.3) is 0 Å². The van der Waals surface area contributed by atoms with Gasteiger partial charge in [-0.05, 0) is 17.9 Å². The lowest BCUT2D eigenvalue weighted by Crippen LogP contribution is -2.23. The second-order valence-corrected chi connectivity index (χ2v) is 5.04. The van der Waals surface area contributed by atoms with Crippen LogP contribution in [0.2, 0.25) is 0 Å². The number of carbonyl (C=O) groups excluding carboxylic acids is 1. The van der Waals surface area contributed by atoms with Gasteiger partial charge >= 0.3 is 0 Å². The fourth-order valence-corrected chi connectivity index (χ4v) is 2.14. The van der Waals surface area contributed by atoms with Gasteiger partial charge in [-0.3, -0.25) is 0 Å². The Balaban J connectivity index is 2.92. The lowest BCUT2D eigenvalue weighted by Gasteiger charge is -2.29.